The lowest BCUT2D eigenvalue weighted by Crippen LogP contribution is -2.16. The smallest absolute Gasteiger partial charge is 0.181 e. The molecule has 0 spiro atoms. The molecule has 0 saturated heterocycles. The number of aromatic nitrogens is 1. The molecule has 148 valence electrons. The summed E-state index contributed by atoms with van der Waals surface area (Å²) in [5, 5.41) is 0. The maximum atomic E-state index is 12.8. The molecule has 0 radical (unpaired) electrons. The molecule has 0 bridgehead atoms. The predicted octanol–water partition coefficient (Wildman–Crippen LogP) is 5.00. The van der Waals surface area contributed by atoms with E-state index in [1.54, 1.807) is 0 Å². The second-order valence-corrected chi connectivity index (χ2v) is 8.25. The van der Waals surface area contributed by atoms with Crippen molar-refractivity contribution in [3.63, 3.8) is 0 Å². The number of aliphatic imine (C=N–C) groups is 2. The number of carbonyl (C=O) groups excluding carboxylic acids is 1. The number of carbonyl (C=O) groups is 1. The van der Waals surface area contributed by atoms with Gasteiger partial charge in [0.2, 0.25) is 0 Å². The van der Waals surface area contributed by atoms with Gasteiger partial charge in [-0.25, -0.2) is 4.99 Å². The Labute approximate surface area is 176 Å². The SMILES string of the molecule is CC(C)c1cc(C2=NCc3cc4c(cc32)N=C(C(=O)Cc2ccccc2)C4)ccn1. The van der Waals surface area contributed by atoms with Gasteiger partial charge in [0.1, 0.15) is 0 Å². The molecule has 2 aliphatic rings. The summed E-state index contributed by atoms with van der Waals surface area (Å²) in [6.07, 6.45) is 2.86. The number of rotatable bonds is 5. The normalized spacial score (nSPS) is 14.4. The molecule has 0 saturated carbocycles. The summed E-state index contributed by atoms with van der Waals surface area (Å²) in [7, 11) is 0. The van der Waals surface area contributed by atoms with Gasteiger partial charge in [0.25, 0.3) is 0 Å². The van der Waals surface area contributed by atoms with E-state index in [9.17, 15) is 4.79 Å². The van der Waals surface area contributed by atoms with E-state index in [-0.39, 0.29) is 5.78 Å². The Balaban J connectivity index is 1.43. The Kier molecular flexibility index (Phi) is 4.62. The third-order valence-electron chi connectivity index (χ3n) is 5.76. The van der Waals surface area contributed by atoms with Gasteiger partial charge in [-0.2, -0.15) is 0 Å². The first-order valence-electron chi connectivity index (χ1n) is 10.4. The van der Waals surface area contributed by atoms with Gasteiger partial charge in [-0.1, -0.05) is 50.2 Å². The number of nitrogens with zero attached hydrogens (tertiary/aromatic N) is 3. The second-order valence-electron chi connectivity index (χ2n) is 8.25. The van der Waals surface area contributed by atoms with Gasteiger partial charge < -0.3 is 0 Å². The van der Waals surface area contributed by atoms with E-state index >= 15 is 0 Å². The van der Waals surface area contributed by atoms with Crippen LogP contribution in [0.2, 0.25) is 0 Å². The molecule has 4 nitrogen and oxygen atoms in total. The minimum absolute atomic E-state index is 0.0992. The van der Waals surface area contributed by atoms with Crippen LogP contribution in [0.15, 0.2) is 70.8 Å². The quantitative estimate of drug-likeness (QED) is 0.613. The number of benzene rings is 2. The Morgan fingerprint density at radius 3 is 2.67 bits per heavy atom. The lowest BCUT2D eigenvalue weighted by atomic mass is 9.95. The Hall–Kier alpha value is -3.40. The summed E-state index contributed by atoms with van der Waals surface area (Å²) >= 11 is 0. The fourth-order valence-corrected chi connectivity index (χ4v) is 4.10. The van der Waals surface area contributed by atoms with Crippen molar-refractivity contribution in [2.45, 2.75) is 39.2 Å². The van der Waals surface area contributed by atoms with Crippen molar-refractivity contribution < 1.29 is 4.79 Å². The van der Waals surface area contributed by atoms with Crippen LogP contribution >= 0.6 is 0 Å². The van der Waals surface area contributed by atoms with Gasteiger partial charge >= 0.3 is 0 Å². The third kappa shape index (κ3) is 3.39. The van der Waals surface area contributed by atoms with Crippen molar-refractivity contribution in [1.82, 2.24) is 4.98 Å². The first kappa shape index (κ1) is 18.6. The summed E-state index contributed by atoms with van der Waals surface area (Å²) in [6.45, 7) is 4.96. The Morgan fingerprint density at radius 1 is 1.03 bits per heavy atom. The molecule has 3 aromatic rings. The zero-order valence-electron chi connectivity index (χ0n) is 17.2. The minimum Gasteiger partial charge on any atom is -0.292 e. The molecule has 0 fully saturated rings. The molecule has 0 atom stereocenters. The Bertz CT molecular complexity index is 1210. The molecular weight excluding hydrogens is 370 g/mol. The largest absolute Gasteiger partial charge is 0.292 e. The summed E-state index contributed by atoms with van der Waals surface area (Å²) in [5.41, 5.74) is 9.19. The highest BCUT2D eigenvalue weighted by Gasteiger charge is 2.26. The monoisotopic (exact) mass is 393 g/mol. The molecule has 2 aromatic carbocycles. The Morgan fingerprint density at radius 2 is 1.87 bits per heavy atom. The molecule has 0 unspecified atom stereocenters. The first-order chi connectivity index (χ1) is 14.6. The average Bonchev–Trinajstić information content (AvgIpc) is 3.36. The topological polar surface area (TPSA) is 54.7 Å². The van der Waals surface area contributed by atoms with Crippen molar-refractivity contribution in [3.05, 3.63) is 94.3 Å². The number of hydrogen-bond acceptors (Lipinski definition) is 4. The maximum absolute atomic E-state index is 12.8. The van der Waals surface area contributed by atoms with Crippen molar-refractivity contribution >= 4 is 22.9 Å². The molecule has 2 aliphatic heterocycles. The van der Waals surface area contributed by atoms with Crippen LogP contribution in [-0.2, 0) is 24.2 Å². The van der Waals surface area contributed by atoms with Crippen molar-refractivity contribution in [2.75, 3.05) is 0 Å². The van der Waals surface area contributed by atoms with E-state index < -0.39 is 0 Å². The maximum Gasteiger partial charge on any atom is 0.181 e. The van der Waals surface area contributed by atoms with Crippen LogP contribution < -0.4 is 0 Å². The fraction of sp³-hybridized carbons (Fsp3) is 0.231. The molecule has 30 heavy (non-hydrogen) atoms. The van der Waals surface area contributed by atoms with E-state index in [0.717, 1.165) is 39.3 Å². The fourth-order valence-electron chi connectivity index (χ4n) is 4.10. The number of fused-ring (bicyclic) bond motifs is 2. The molecule has 4 heteroatoms. The van der Waals surface area contributed by atoms with Crippen LogP contribution in [0.5, 0.6) is 0 Å². The molecule has 0 N–H and O–H groups in total. The molecule has 5 rings (SSSR count). The summed E-state index contributed by atoms with van der Waals surface area (Å²) in [4.78, 5) is 26.7. The second kappa shape index (κ2) is 7.45. The number of Topliss-reactive ketones (excluding diaryl/α,β-unsaturated/α-hetero) is 1. The molecule has 3 heterocycles. The highest BCUT2D eigenvalue weighted by Crippen LogP contribution is 2.34. The van der Waals surface area contributed by atoms with Crippen molar-refractivity contribution in [3.8, 4) is 0 Å². The number of hydrogen-bond donors (Lipinski definition) is 0. The van der Waals surface area contributed by atoms with Crippen LogP contribution in [0.25, 0.3) is 0 Å². The van der Waals surface area contributed by atoms with E-state index in [1.807, 2.05) is 42.6 Å². The van der Waals surface area contributed by atoms with Crippen LogP contribution in [0.3, 0.4) is 0 Å². The first-order valence-corrected chi connectivity index (χ1v) is 10.4. The molecule has 0 amide bonds. The van der Waals surface area contributed by atoms with Gasteiger partial charge in [0, 0.05) is 35.9 Å². The summed E-state index contributed by atoms with van der Waals surface area (Å²) < 4.78 is 0. The lowest BCUT2D eigenvalue weighted by molar-refractivity contribution is -0.112. The van der Waals surface area contributed by atoms with Crippen molar-refractivity contribution in [2.24, 2.45) is 9.98 Å². The third-order valence-corrected chi connectivity index (χ3v) is 5.76. The van der Waals surface area contributed by atoms with Gasteiger partial charge in [-0.05, 0) is 40.8 Å². The van der Waals surface area contributed by atoms with Crippen LogP contribution in [0, 0.1) is 0 Å². The lowest BCUT2D eigenvalue weighted by Gasteiger charge is -2.09. The molecular formula is C26H23N3O. The summed E-state index contributed by atoms with van der Waals surface area (Å²) in [6, 6.07) is 18.3. The van der Waals surface area contributed by atoms with E-state index in [2.05, 4.69) is 37.0 Å². The van der Waals surface area contributed by atoms with E-state index in [1.165, 1.54) is 5.56 Å². The van der Waals surface area contributed by atoms with E-state index in [0.29, 0.717) is 31.0 Å². The predicted molar refractivity (Wildman–Crippen MR) is 120 cm³/mol. The molecule has 0 aliphatic carbocycles. The highest BCUT2D eigenvalue weighted by molar-refractivity contribution is 6.42. The number of pyridine rings is 1. The zero-order valence-corrected chi connectivity index (χ0v) is 17.2. The standard InChI is InChI=1S/C26H23N3O/c1-16(2)22-12-18(8-9-27-22)26-21-14-23-19(11-20(21)15-28-26)13-24(29-23)25(30)10-17-6-4-3-5-7-17/h3-9,11-12,14,16H,10,13,15H2,1-2H3. The molecule has 1 aromatic heterocycles. The van der Waals surface area contributed by atoms with Crippen LogP contribution in [0.1, 0.15) is 53.3 Å². The zero-order chi connectivity index (χ0) is 20.7. The van der Waals surface area contributed by atoms with Gasteiger partial charge in [-0.3, -0.25) is 14.8 Å². The minimum atomic E-state index is 0.0992. The van der Waals surface area contributed by atoms with Crippen molar-refractivity contribution in [1.29, 1.82) is 0 Å². The van der Waals surface area contributed by atoms with Gasteiger partial charge in [-0.15, -0.1) is 0 Å². The number of ketones is 1. The van der Waals surface area contributed by atoms with Crippen LogP contribution in [0.4, 0.5) is 5.69 Å². The summed E-state index contributed by atoms with van der Waals surface area (Å²) in [5.74, 6) is 0.469. The van der Waals surface area contributed by atoms with Gasteiger partial charge in [0.15, 0.2) is 5.78 Å². The van der Waals surface area contributed by atoms with Gasteiger partial charge in [0.05, 0.1) is 23.7 Å². The average molecular weight is 393 g/mol. The van der Waals surface area contributed by atoms with E-state index in [4.69, 9.17) is 9.98 Å². The highest BCUT2D eigenvalue weighted by atomic mass is 16.1. The van der Waals surface area contributed by atoms with Crippen LogP contribution in [-0.4, -0.2) is 22.2 Å².